The van der Waals surface area contributed by atoms with Gasteiger partial charge in [0, 0.05) is 12.1 Å². The fourth-order valence-corrected chi connectivity index (χ4v) is 1.18. The van der Waals surface area contributed by atoms with Gasteiger partial charge in [-0.05, 0) is 6.07 Å². The summed E-state index contributed by atoms with van der Waals surface area (Å²) in [4.78, 5) is 20.4. The van der Waals surface area contributed by atoms with Crippen molar-refractivity contribution < 1.29 is 32.4 Å². The van der Waals surface area contributed by atoms with Gasteiger partial charge in [0.2, 0.25) is 0 Å². The Labute approximate surface area is 104 Å². The molecule has 0 spiro atoms. The molecule has 0 atom stereocenters. The van der Waals surface area contributed by atoms with Crippen LogP contribution in [0.15, 0.2) is 18.2 Å². The van der Waals surface area contributed by atoms with Gasteiger partial charge in [0.05, 0.1) is 17.1 Å². The van der Waals surface area contributed by atoms with E-state index < -0.39 is 24.5 Å². The van der Waals surface area contributed by atoms with Gasteiger partial charge in [-0.3, -0.25) is 19.6 Å². The number of nitro benzene ring substituents is 1. The molecule has 9 heteroatoms. The van der Waals surface area contributed by atoms with E-state index in [2.05, 4.69) is 4.74 Å². The fourth-order valence-electron chi connectivity index (χ4n) is 1.18. The topological polar surface area (TPSA) is 78.7 Å². The lowest BCUT2D eigenvalue weighted by Gasteiger charge is -2.10. The number of aldehydes is 1. The molecule has 0 saturated carbocycles. The van der Waals surface area contributed by atoms with Crippen molar-refractivity contribution in [1.82, 2.24) is 0 Å². The van der Waals surface area contributed by atoms with Crippen LogP contribution in [0.2, 0.25) is 0 Å². The van der Waals surface area contributed by atoms with Crippen LogP contribution < -0.4 is 4.74 Å². The molecule has 0 aliphatic carbocycles. The van der Waals surface area contributed by atoms with Crippen LogP contribution in [0.4, 0.5) is 18.9 Å². The predicted octanol–water partition coefficient (Wildman–Crippen LogP) is 2.32. The summed E-state index contributed by atoms with van der Waals surface area (Å²) in [6.45, 7) is -1.20. The number of hydrogen-bond acceptors (Lipinski definition) is 5. The average molecular weight is 279 g/mol. The zero-order valence-electron chi connectivity index (χ0n) is 9.35. The number of carbonyl (C=O) groups excluding carboxylic acids is 1. The molecule has 0 N–H and O–H groups in total. The van der Waals surface area contributed by atoms with Gasteiger partial charge < -0.3 is 4.74 Å². The zero-order valence-corrected chi connectivity index (χ0v) is 9.35. The molecule has 0 heterocycles. The van der Waals surface area contributed by atoms with Gasteiger partial charge in [0.25, 0.3) is 5.69 Å². The van der Waals surface area contributed by atoms with Crippen LogP contribution in [0.25, 0.3) is 0 Å². The Bertz CT molecular complexity index is 475. The third-order valence-corrected chi connectivity index (χ3v) is 1.94. The molecule has 6 nitrogen and oxygen atoms in total. The molecule has 0 amide bonds. The Balaban J connectivity index is 2.63. The van der Waals surface area contributed by atoms with Gasteiger partial charge in [-0.15, -0.1) is 13.2 Å². The van der Waals surface area contributed by atoms with Gasteiger partial charge in [0.1, 0.15) is 12.4 Å². The minimum Gasteiger partial charge on any atom is -0.490 e. The molecule has 19 heavy (non-hydrogen) atoms. The van der Waals surface area contributed by atoms with E-state index in [1.165, 1.54) is 0 Å². The van der Waals surface area contributed by atoms with Crippen LogP contribution >= 0.6 is 0 Å². The van der Waals surface area contributed by atoms with Crippen molar-refractivity contribution in [2.45, 2.75) is 6.36 Å². The second-order valence-corrected chi connectivity index (χ2v) is 3.24. The van der Waals surface area contributed by atoms with E-state index in [1.807, 2.05) is 0 Å². The van der Waals surface area contributed by atoms with Crippen molar-refractivity contribution in [3.63, 3.8) is 0 Å². The summed E-state index contributed by atoms with van der Waals surface area (Å²) in [5.74, 6) is -0.0497. The number of hydrogen-bond donors (Lipinski definition) is 0. The van der Waals surface area contributed by atoms with Gasteiger partial charge >= 0.3 is 6.36 Å². The molecule has 0 unspecified atom stereocenters. The van der Waals surface area contributed by atoms with Gasteiger partial charge in [-0.25, -0.2) is 0 Å². The maximum atomic E-state index is 11.7. The minimum absolute atomic E-state index is 0.0497. The van der Waals surface area contributed by atoms with E-state index >= 15 is 0 Å². The largest absolute Gasteiger partial charge is 0.522 e. The minimum atomic E-state index is -4.76. The van der Waals surface area contributed by atoms with Crippen LogP contribution in [-0.2, 0) is 4.74 Å². The Morgan fingerprint density at radius 3 is 2.53 bits per heavy atom. The number of rotatable bonds is 6. The third kappa shape index (κ3) is 4.92. The van der Waals surface area contributed by atoms with Crippen LogP contribution in [0.1, 0.15) is 10.4 Å². The van der Waals surface area contributed by atoms with Crippen LogP contribution in [-0.4, -0.2) is 30.8 Å². The van der Waals surface area contributed by atoms with E-state index in [9.17, 15) is 28.1 Å². The highest BCUT2D eigenvalue weighted by molar-refractivity contribution is 5.80. The van der Waals surface area contributed by atoms with E-state index in [-0.39, 0.29) is 17.0 Å². The number of carbonyl (C=O) groups is 1. The average Bonchev–Trinajstić information content (AvgIpc) is 2.33. The highest BCUT2D eigenvalue weighted by Gasteiger charge is 2.28. The third-order valence-electron chi connectivity index (χ3n) is 1.94. The van der Waals surface area contributed by atoms with E-state index in [1.54, 1.807) is 0 Å². The number of non-ortho nitro benzene ring substituents is 1. The number of alkyl halides is 3. The predicted molar refractivity (Wildman–Crippen MR) is 56.0 cm³/mol. The van der Waals surface area contributed by atoms with Crippen molar-refractivity contribution in [1.29, 1.82) is 0 Å². The van der Waals surface area contributed by atoms with Gasteiger partial charge in [-0.1, -0.05) is 0 Å². The highest BCUT2D eigenvalue weighted by Crippen LogP contribution is 2.23. The Morgan fingerprint density at radius 1 is 1.32 bits per heavy atom. The molecule has 1 aromatic carbocycles. The summed E-state index contributed by atoms with van der Waals surface area (Å²) >= 11 is 0. The number of ether oxygens (including phenoxy) is 2. The van der Waals surface area contributed by atoms with Crippen LogP contribution in [0.3, 0.4) is 0 Å². The number of nitrogens with zero attached hydrogens (tertiary/aromatic N) is 1. The molecular weight excluding hydrogens is 271 g/mol. The lowest BCUT2D eigenvalue weighted by atomic mass is 10.2. The summed E-state index contributed by atoms with van der Waals surface area (Å²) in [6, 6.07) is 3.18. The van der Waals surface area contributed by atoms with E-state index in [0.717, 1.165) is 18.2 Å². The first kappa shape index (κ1) is 14.9. The molecule has 1 rings (SSSR count). The molecule has 0 fully saturated rings. The Kier molecular flexibility index (Phi) is 4.81. The summed E-state index contributed by atoms with van der Waals surface area (Å²) in [7, 11) is 0. The SMILES string of the molecule is O=Cc1cc([N+](=O)[O-])ccc1OCCOC(F)(F)F. The highest BCUT2D eigenvalue weighted by atomic mass is 19.4. The quantitative estimate of drug-likeness (QED) is 0.345. The normalized spacial score (nSPS) is 11.1. The first-order chi connectivity index (χ1) is 8.83. The first-order valence-corrected chi connectivity index (χ1v) is 4.90. The smallest absolute Gasteiger partial charge is 0.490 e. The van der Waals surface area contributed by atoms with Gasteiger partial charge in [0.15, 0.2) is 6.29 Å². The molecule has 0 saturated heterocycles. The van der Waals surface area contributed by atoms with Crippen LogP contribution in [0, 0.1) is 10.1 Å². The van der Waals surface area contributed by atoms with Crippen molar-refractivity contribution >= 4 is 12.0 Å². The molecular formula is C10H8F3NO5. The van der Waals surface area contributed by atoms with Crippen molar-refractivity contribution in [2.24, 2.45) is 0 Å². The Hall–Kier alpha value is -2.16. The van der Waals surface area contributed by atoms with Gasteiger partial charge in [-0.2, -0.15) is 0 Å². The standard InChI is InChI=1S/C10H8F3NO5/c11-10(12,13)19-4-3-18-9-2-1-8(14(16)17)5-7(9)6-15/h1-2,5-6H,3-4H2. The molecule has 0 radical (unpaired) electrons. The molecule has 1 aromatic rings. The zero-order chi connectivity index (χ0) is 14.5. The first-order valence-electron chi connectivity index (χ1n) is 4.90. The lowest BCUT2D eigenvalue weighted by Crippen LogP contribution is -2.18. The molecule has 104 valence electrons. The van der Waals surface area contributed by atoms with Crippen LogP contribution in [0.5, 0.6) is 5.75 Å². The van der Waals surface area contributed by atoms with Crippen molar-refractivity contribution in [3.05, 3.63) is 33.9 Å². The second-order valence-electron chi connectivity index (χ2n) is 3.24. The number of halogens is 3. The molecule has 0 bridgehead atoms. The molecule has 0 aromatic heterocycles. The monoisotopic (exact) mass is 279 g/mol. The molecule has 0 aliphatic rings. The second kappa shape index (κ2) is 6.14. The Morgan fingerprint density at radius 2 is 2.00 bits per heavy atom. The van der Waals surface area contributed by atoms with E-state index in [4.69, 9.17) is 4.74 Å². The number of nitro groups is 1. The summed E-state index contributed by atoms with van der Waals surface area (Å²) in [5, 5.41) is 10.5. The summed E-state index contributed by atoms with van der Waals surface area (Å²) < 4.78 is 43.3. The maximum absolute atomic E-state index is 11.7. The van der Waals surface area contributed by atoms with E-state index in [0.29, 0.717) is 6.29 Å². The molecule has 0 aliphatic heterocycles. The van der Waals surface area contributed by atoms with Crippen molar-refractivity contribution in [2.75, 3.05) is 13.2 Å². The van der Waals surface area contributed by atoms with Crippen molar-refractivity contribution in [3.8, 4) is 5.75 Å². The number of benzene rings is 1. The fraction of sp³-hybridized carbons (Fsp3) is 0.300. The lowest BCUT2D eigenvalue weighted by molar-refractivity contribution is -0.384. The maximum Gasteiger partial charge on any atom is 0.522 e. The summed E-state index contributed by atoms with van der Waals surface area (Å²) in [5.41, 5.74) is -0.442. The summed E-state index contributed by atoms with van der Waals surface area (Å²) in [6.07, 6.45) is -4.45.